The maximum absolute atomic E-state index is 11.7. The summed E-state index contributed by atoms with van der Waals surface area (Å²) < 4.78 is 10.9. The quantitative estimate of drug-likeness (QED) is 0.499. The molecule has 8 nitrogen and oxygen atoms in total. The molecular weight excluding hydrogens is 278 g/mol. The standard InChI is InChI=1S/C13H19N3O5/c1-5-20-10(18)8-9(17)11-14-6-7-16(11)15-12(19)21-13(2,3)4/h6-8,17H,5H2,1-4H3,(H,15,19). The summed E-state index contributed by atoms with van der Waals surface area (Å²) in [6, 6.07) is 0. The van der Waals surface area contributed by atoms with Gasteiger partial charge in [-0.15, -0.1) is 0 Å². The van der Waals surface area contributed by atoms with Gasteiger partial charge < -0.3 is 14.6 Å². The molecule has 0 radical (unpaired) electrons. The molecule has 0 aromatic carbocycles. The Kier molecular flexibility index (Phi) is 5.34. The van der Waals surface area contributed by atoms with E-state index < -0.39 is 23.4 Å². The van der Waals surface area contributed by atoms with Crippen molar-refractivity contribution >= 4 is 17.8 Å². The van der Waals surface area contributed by atoms with Crippen molar-refractivity contribution in [3.8, 4) is 0 Å². The number of hydrogen-bond acceptors (Lipinski definition) is 6. The fourth-order valence-corrected chi connectivity index (χ4v) is 1.34. The van der Waals surface area contributed by atoms with E-state index in [1.807, 2.05) is 0 Å². The molecule has 0 aliphatic carbocycles. The number of nitrogens with one attached hydrogen (secondary N) is 1. The number of esters is 1. The zero-order valence-corrected chi connectivity index (χ0v) is 12.4. The second-order valence-corrected chi connectivity index (χ2v) is 5.02. The molecule has 0 spiro atoms. The monoisotopic (exact) mass is 297 g/mol. The molecule has 1 amide bonds. The lowest BCUT2D eigenvalue weighted by Crippen LogP contribution is -2.32. The largest absolute Gasteiger partial charge is 0.504 e. The van der Waals surface area contributed by atoms with Crippen LogP contribution < -0.4 is 5.43 Å². The number of carbonyl (C=O) groups excluding carboxylic acids is 2. The molecule has 0 fully saturated rings. The summed E-state index contributed by atoms with van der Waals surface area (Å²) >= 11 is 0. The maximum atomic E-state index is 11.7. The predicted molar refractivity (Wildman–Crippen MR) is 75.1 cm³/mol. The molecule has 0 aliphatic rings. The topological polar surface area (TPSA) is 103 Å². The van der Waals surface area contributed by atoms with Gasteiger partial charge in [-0.2, -0.15) is 0 Å². The zero-order valence-electron chi connectivity index (χ0n) is 12.4. The molecule has 0 saturated heterocycles. The van der Waals surface area contributed by atoms with Gasteiger partial charge in [-0.3, -0.25) is 0 Å². The van der Waals surface area contributed by atoms with Gasteiger partial charge >= 0.3 is 12.1 Å². The lowest BCUT2D eigenvalue weighted by atomic mass is 10.2. The van der Waals surface area contributed by atoms with Gasteiger partial charge in [-0.1, -0.05) is 0 Å². The highest BCUT2D eigenvalue weighted by atomic mass is 16.6. The Balaban J connectivity index is 2.82. The fourth-order valence-electron chi connectivity index (χ4n) is 1.34. The minimum absolute atomic E-state index is 0.0195. The molecule has 116 valence electrons. The van der Waals surface area contributed by atoms with Crippen LogP contribution in [0, 0.1) is 0 Å². The first kappa shape index (κ1) is 16.5. The molecule has 21 heavy (non-hydrogen) atoms. The van der Waals surface area contributed by atoms with Crippen molar-refractivity contribution in [2.24, 2.45) is 0 Å². The molecule has 1 heterocycles. The number of amides is 1. The molecule has 0 bridgehead atoms. The van der Waals surface area contributed by atoms with Gasteiger partial charge in [0, 0.05) is 12.4 Å². The Morgan fingerprint density at radius 2 is 2.14 bits per heavy atom. The number of aliphatic hydroxyl groups is 1. The molecule has 0 unspecified atom stereocenters. The number of rotatable bonds is 4. The van der Waals surface area contributed by atoms with E-state index in [0.29, 0.717) is 0 Å². The molecule has 1 rings (SSSR count). The van der Waals surface area contributed by atoms with Crippen LogP contribution in [0.15, 0.2) is 18.5 Å². The van der Waals surface area contributed by atoms with Crippen LogP contribution in [0.25, 0.3) is 5.76 Å². The first-order chi connectivity index (χ1) is 9.73. The molecule has 1 aromatic rings. The SMILES string of the molecule is CCOC(=O)C=C(O)c1nccn1NC(=O)OC(C)(C)C. The average molecular weight is 297 g/mol. The van der Waals surface area contributed by atoms with Gasteiger partial charge in [-0.05, 0) is 27.7 Å². The lowest BCUT2D eigenvalue weighted by Gasteiger charge is -2.20. The van der Waals surface area contributed by atoms with Crippen molar-refractivity contribution in [1.29, 1.82) is 0 Å². The number of aliphatic hydroxyl groups excluding tert-OH is 1. The van der Waals surface area contributed by atoms with E-state index in [4.69, 9.17) is 4.74 Å². The highest BCUT2D eigenvalue weighted by Gasteiger charge is 2.18. The molecule has 0 aliphatic heterocycles. The van der Waals surface area contributed by atoms with Crippen molar-refractivity contribution in [2.45, 2.75) is 33.3 Å². The zero-order chi connectivity index (χ0) is 16.0. The fraction of sp³-hybridized carbons (Fsp3) is 0.462. The van der Waals surface area contributed by atoms with Crippen LogP contribution in [0.5, 0.6) is 0 Å². The summed E-state index contributed by atoms with van der Waals surface area (Å²) in [5, 5.41) is 9.82. The van der Waals surface area contributed by atoms with Crippen LogP contribution in [-0.2, 0) is 14.3 Å². The number of ether oxygens (including phenoxy) is 2. The van der Waals surface area contributed by atoms with Crippen LogP contribution in [0.3, 0.4) is 0 Å². The molecule has 0 atom stereocenters. The maximum Gasteiger partial charge on any atom is 0.427 e. The number of carbonyl (C=O) groups is 2. The van der Waals surface area contributed by atoms with Crippen molar-refractivity contribution in [1.82, 2.24) is 9.66 Å². The Hall–Kier alpha value is -2.51. The van der Waals surface area contributed by atoms with Crippen LogP contribution in [0.4, 0.5) is 4.79 Å². The summed E-state index contributed by atoms with van der Waals surface area (Å²) in [5.74, 6) is -1.16. The Morgan fingerprint density at radius 3 is 2.71 bits per heavy atom. The van der Waals surface area contributed by atoms with Crippen LogP contribution >= 0.6 is 0 Å². The number of aromatic nitrogens is 2. The minimum atomic E-state index is -0.717. The second-order valence-electron chi connectivity index (χ2n) is 5.02. The van der Waals surface area contributed by atoms with E-state index in [2.05, 4.69) is 15.1 Å². The Labute approximate surface area is 122 Å². The highest BCUT2D eigenvalue weighted by molar-refractivity contribution is 5.88. The Bertz CT molecular complexity index is 542. The summed E-state index contributed by atoms with van der Waals surface area (Å²) in [7, 11) is 0. The van der Waals surface area contributed by atoms with Gasteiger partial charge in [0.15, 0.2) is 11.6 Å². The van der Waals surface area contributed by atoms with Crippen LogP contribution in [0.1, 0.15) is 33.5 Å². The van der Waals surface area contributed by atoms with Crippen molar-refractivity contribution < 1.29 is 24.2 Å². The summed E-state index contributed by atoms with van der Waals surface area (Å²) in [6.45, 7) is 7.00. The lowest BCUT2D eigenvalue weighted by molar-refractivity contribution is -0.137. The van der Waals surface area contributed by atoms with Crippen molar-refractivity contribution in [2.75, 3.05) is 12.0 Å². The molecule has 1 aromatic heterocycles. The smallest absolute Gasteiger partial charge is 0.427 e. The van der Waals surface area contributed by atoms with Gasteiger partial charge in [-0.25, -0.2) is 24.7 Å². The van der Waals surface area contributed by atoms with Gasteiger partial charge in [0.05, 0.1) is 12.7 Å². The van der Waals surface area contributed by atoms with Gasteiger partial charge in [0.1, 0.15) is 5.60 Å². The third-order valence-corrected chi connectivity index (χ3v) is 2.02. The van der Waals surface area contributed by atoms with E-state index in [1.165, 1.54) is 12.4 Å². The highest BCUT2D eigenvalue weighted by Crippen LogP contribution is 2.10. The van der Waals surface area contributed by atoms with Crippen LogP contribution in [0.2, 0.25) is 0 Å². The summed E-state index contributed by atoms with van der Waals surface area (Å²) in [4.78, 5) is 26.8. The molecule has 0 saturated carbocycles. The van der Waals surface area contributed by atoms with Gasteiger partial charge in [0.2, 0.25) is 0 Å². The van der Waals surface area contributed by atoms with E-state index in [0.717, 1.165) is 10.8 Å². The van der Waals surface area contributed by atoms with Crippen LogP contribution in [-0.4, -0.2) is 39.0 Å². The number of hydrogen-bond donors (Lipinski definition) is 2. The summed E-state index contributed by atoms with van der Waals surface area (Å²) in [6.07, 6.45) is 2.90. The molecular formula is C13H19N3O5. The Morgan fingerprint density at radius 1 is 1.48 bits per heavy atom. The van der Waals surface area contributed by atoms with Crippen molar-refractivity contribution in [3.63, 3.8) is 0 Å². The van der Waals surface area contributed by atoms with Crippen molar-refractivity contribution in [3.05, 3.63) is 24.3 Å². The minimum Gasteiger partial charge on any atom is -0.504 e. The second kappa shape index (κ2) is 6.78. The molecule has 8 heteroatoms. The van der Waals surface area contributed by atoms with E-state index >= 15 is 0 Å². The van der Waals surface area contributed by atoms with E-state index in [9.17, 15) is 14.7 Å². The number of nitrogens with zero attached hydrogens (tertiary/aromatic N) is 2. The number of imidazole rings is 1. The van der Waals surface area contributed by atoms with E-state index in [-0.39, 0.29) is 12.4 Å². The normalized spacial score (nSPS) is 11.9. The average Bonchev–Trinajstić information content (AvgIpc) is 2.74. The summed E-state index contributed by atoms with van der Waals surface area (Å²) in [5.41, 5.74) is 1.71. The van der Waals surface area contributed by atoms with Gasteiger partial charge in [0.25, 0.3) is 0 Å². The third kappa shape index (κ3) is 5.55. The molecule has 2 N–H and O–H groups in total. The van der Waals surface area contributed by atoms with E-state index in [1.54, 1.807) is 27.7 Å². The first-order valence-electron chi connectivity index (χ1n) is 6.34. The first-order valence-corrected chi connectivity index (χ1v) is 6.34. The third-order valence-electron chi connectivity index (χ3n) is 2.02. The predicted octanol–water partition coefficient (Wildman–Crippen LogP) is 1.82.